The van der Waals surface area contributed by atoms with Crippen LogP contribution in [0.15, 0.2) is 0 Å². The van der Waals surface area contributed by atoms with Crippen LogP contribution in [0.5, 0.6) is 0 Å². The maximum Gasteiger partial charge on any atom is 0.0824 e. The molecule has 2 N–H and O–H groups in total. The number of hydrogen-bond donors (Lipinski definition) is 1. The van der Waals surface area contributed by atoms with Crippen molar-refractivity contribution in [2.24, 2.45) is 5.73 Å². The third kappa shape index (κ3) is 2.94. The Kier molecular flexibility index (Phi) is 4.19. The lowest BCUT2D eigenvalue weighted by Crippen LogP contribution is -2.53. The Balaban J connectivity index is 1.90. The highest BCUT2D eigenvalue weighted by molar-refractivity contribution is 4.84. The summed E-state index contributed by atoms with van der Waals surface area (Å²) in [6.07, 6.45) is 3.27. The van der Waals surface area contributed by atoms with Crippen molar-refractivity contribution in [1.29, 1.82) is 0 Å². The Labute approximate surface area is 98.1 Å². The first kappa shape index (κ1) is 12.3. The maximum atomic E-state index is 5.78. The Morgan fingerprint density at radius 1 is 1.25 bits per heavy atom. The van der Waals surface area contributed by atoms with Gasteiger partial charge in [0.05, 0.1) is 24.9 Å². The summed E-state index contributed by atoms with van der Waals surface area (Å²) in [7, 11) is 0. The van der Waals surface area contributed by atoms with Gasteiger partial charge in [-0.05, 0) is 26.7 Å². The van der Waals surface area contributed by atoms with Gasteiger partial charge in [0.2, 0.25) is 0 Å². The molecule has 0 aromatic rings. The van der Waals surface area contributed by atoms with Gasteiger partial charge in [0, 0.05) is 25.7 Å². The molecule has 2 aliphatic rings. The molecule has 0 amide bonds. The predicted molar refractivity (Wildman–Crippen MR) is 63.4 cm³/mol. The van der Waals surface area contributed by atoms with E-state index in [1.54, 1.807) is 0 Å². The summed E-state index contributed by atoms with van der Waals surface area (Å²) < 4.78 is 11.4. The second kappa shape index (κ2) is 5.45. The van der Waals surface area contributed by atoms with E-state index < -0.39 is 0 Å². The van der Waals surface area contributed by atoms with E-state index in [0.717, 1.165) is 32.5 Å². The monoisotopic (exact) mass is 228 g/mol. The van der Waals surface area contributed by atoms with E-state index in [1.165, 1.54) is 0 Å². The first-order chi connectivity index (χ1) is 7.69. The second-order valence-electron chi connectivity index (χ2n) is 5.11. The predicted octanol–water partition coefficient (Wildman–Crippen LogP) is 0.602. The molecular formula is C12H24N2O2. The fraction of sp³-hybridized carbons (Fsp3) is 1.00. The fourth-order valence-corrected chi connectivity index (χ4v) is 2.88. The van der Waals surface area contributed by atoms with Gasteiger partial charge in [0.25, 0.3) is 0 Å². The van der Waals surface area contributed by atoms with Crippen LogP contribution in [0.25, 0.3) is 0 Å². The van der Waals surface area contributed by atoms with Crippen LogP contribution in [0.2, 0.25) is 0 Å². The minimum absolute atomic E-state index is 0.224. The van der Waals surface area contributed by atoms with Gasteiger partial charge in [-0.1, -0.05) is 0 Å². The van der Waals surface area contributed by atoms with E-state index in [1.807, 2.05) is 0 Å². The lowest BCUT2D eigenvalue weighted by atomic mass is 9.97. The smallest absolute Gasteiger partial charge is 0.0824 e. The van der Waals surface area contributed by atoms with Crippen LogP contribution in [-0.4, -0.2) is 55.5 Å². The van der Waals surface area contributed by atoms with Crippen LogP contribution in [0.4, 0.5) is 0 Å². The Morgan fingerprint density at radius 3 is 2.56 bits per heavy atom. The summed E-state index contributed by atoms with van der Waals surface area (Å²) in [5, 5.41) is 0. The molecule has 2 heterocycles. The zero-order valence-electron chi connectivity index (χ0n) is 10.4. The first-order valence-electron chi connectivity index (χ1n) is 6.40. The third-order valence-corrected chi connectivity index (χ3v) is 3.62. The van der Waals surface area contributed by atoms with Gasteiger partial charge in [-0.15, -0.1) is 0 Å². The minimum Gasteiger partial charge on any atom is -0.375 e. The molecule has 2 fully saturated rings. The van der Waals surface area contributed by atoms with Gasteiger partial charge in [-0.25, -0.2) is 0 Å². The quantitative estimate of drug-likeness (QED) is 0.752. The molecule has 3 atom stereocenters. The SMILES string of the molecule is CC1CC(N2CCOC(CN)C2)CC(C)O1. The molecule has 0 aliphatic carbocycles. The molecule has 0 aromatic carbocycles. The number of rotatable bonds is 2. The number of morpholine rings is 1. The zero-order valence-corrected chi connectivity index (χ0v) is 10.4. The number of nitrogens with zero attached hydrogens (tertiary/aromatic N) is 1. The average molecular weight is 228 g/mol. The summed E-state index contributed by atoms with van der Waals surface area (Å²) in [4.78, 5) is 2.54. The van der Waals surface area contributed by atoms with Crippen molar-refractivity contribution >= 4 is 0 Å². The average Bonchev–Trinajstić information content (AvgIpc) is 2.28. The molecule has 0 bridgehead atoms. The van der Waals surface area contributed by atoms with Crippen molar-refractivity contribution in [1.82, 2.24) is 4.90 Å². The molecule has 0 radical (unpaired) electrons. The molecular weight excluding hydrogens is 204 g/mol. The van der Waals surface area contributed by atoms with Gasteiger partial charge in [0.15, 0.2) is 0 Å². The summed E-state index contributed by atoms with van der Waals surface area (Å²) in [6, 6.07) is 0.650. The van der Waals surface area contributed by atoms with Crippen LogP contribution in [-0.2, 0) is 9.47 Å². The van der Waals surface area contributed by atoms with E-state index in [0.29, 0.717) is 24.8 Å². The van der Waals surface area contributed by atoms with E-state index in [2.05, 4.69) is 18.7 Å². The van der Waals surface area contributed by atoms with Gasteiger partial charge in [-0.2, -0.15) is 0 Å². The number of ether oxygens (including phenoxy) is 2. The van der Waals surface area contributed by atoms with Gasteiger partial charge in [0.1, 0.15) is 0 Å². The Bertz CT molecular complexity index is 215. The van der Waals surface area contributed by atoms with Crippen LogP contribution in [0.1, 0.15) is 26.7 Å². The Morgan fingerprint density at radius 2 is 1.94 bits per heavy atom. The van der Waals surface area contributed by atoms with E-state index in [9.17, 15) is 0 Å². The highest BCUT2D eigenvalue weighted by Crippen LogP contribution is 2.24. The number of hydrogen-bond acceptors (Lipinski definition) is 4. The summed E-state index contributed by atoms with van der Waals surface area (Å²) in [5.41, 5.74) is 5.67. The zero-order chi connectivity index (χ0) is 11.5. The standard InChI is InChI=1S/C12H24N2O2/c1-9-5-11(6-10(2)16-9)14-3-4-15-12(7-13)8-14/h9-12H,3-8,13H2,1-2H3. The highest BCUT2D eigenvalue weighted by Gasteiger charge is 2.31. The lowest BCUT2D eigenvalue weighted by molar-refractivity contribution is -0.0955. The van der Waals surface area contributed by atoms with Crippen LogP contribution < -0.4 is 5.73 Å². The van der Waals surface area contributed by atoms with Gasteiger partial charge >= 0.3 is 0 Å². The molecule has 2 rings (SSSR count). The van der Waals surface area contributed by atoms with Gasteiger partial charge < -0.3 is 15.2 Å². The van der Waals surface area contributed by atoms with E-state index in [4.69, 9.17) is 15.2 Å². The normalized spacial score (nSPS) is 42.2. The van der Waals surface area contributed by atoms with Crippen molar-refractivity contribution in [2.45, 2.75) is 51.0 Å². The van der Waals surface area contributed by atoms with Crippen LogP contribution in [0, 0.1) is 0 Å². The van der Waals surface area contributed by atoms with Crippen molar-refractivity contribution < 1.29 is 9.47 Å². The minimum atomic E-state index is 0.224. The third-order valence-electron chi connectivity index (χ3n) is 3.62. The molecule has 2 aliphatic heterocycles. The molecule has 4 nitrogen and oxygen atoms in total. The van der Waals surface area contributed by atoms with Crippen molar-refractivity contribution in [3.05, 3.63) is 0 Å². The summed E-state index contributed by atoms with van der Waals surface area (Å²) in [6.45, 7) is 7.82. The largest absolute Gasteiger partial charge is 0.375 e. The fourth-order valence-electron chi connectivity index (χ4n) is 2.88. The molecule has 94 valence electrons. The summed E-state index contributed by atoms with van der Waals surface area (Å²) in [5.74, 6) is 0. The molecule has 3 unspecified atom stereocenters. The van der Waals surface area contributed by atoms with Crippen LogP contribution >= 0.6 is 0 Å². The van der Waals surface area contributed by atoms with Crippen molar-refractivity contribution in [3.63, 3.8) is 0 Å². The number of nitrogens with two attached hydrogens (primary N) is 1. The van der Waals surface area contributed by atoms with Gasteiger partial charge in [-0.3, -0.25) is 4.90 Å². The lowest BCUT2D eigenvalue weighted by Gasteiger charge is -2.42. The van der Waals surface area contributed by atoms with Crippen molar-refractivity contribution in [2.75, 3.05) is 26.2 Å². The molecule has 16 heavy (non-hydrogen) atoms. The summed E-state index contributed by atoms with van der Waals surface area (Å²) >= 11 is 0. The molecule has 4 heteroatoms. The molecule has 0 saturated carbocycles. The second-order valence-corrected chi connectivity index (χ2v) is 5.11. The maximum absolute atomic E-state index is 5.78. The molecule has 2 saturated heterocycles. The van der Waals surface area contributed by atoms with Crippen LogP contribution in [0.3, 0.4) is 0 Å². The van der Waals surface area contributed by atoms with E-state index >= 15 is 0 Å². The van der Waals surface area contributed by atoms with E-state index in [-0.39, 0.29) is 6.10 Å². The topological polar surface area (TPSA) is 47.7 Å². The Hall–Kier alpha value is -0.160. The highest BCUT2D eigenvalue weighted by atomic mass is 16.5. The molecule has 0 aromatic heterocycles. The van der Waals surface area contributed by atoms with Crippen molar-refractivity contribution in [3.8, 4) is 0 Å². The molecule has 0 spiro atoms. The first-order valence-corrected chi connectivity index (χ1v) is 6.40.